The van der Waals surface area contributed by atoms with Gasteiger partial charge in [-0.05, 0) is 42.5 Å². The van der Waals surface area contributed by atoms with E-state index in [-0.39, 0.29) is 29.9 Å². The number of aliphatic imine (C=N–C) groups is 1. The number of rotatable bonds is 5. The molecule has 1 aliphatic carbocycles. The minimum absolute atomic E-state index is 0. The smallest absolute Gasteiger partial charge is 0.250 e. The summed E-state index contributed by atoms with van der Waals surface area (Å²) < 4.78 is 18.8. The molecule has 1 unspecified atom stereocenters. The first-order chi connectivity index (χ1) is 12.3. The fourth-order valence-corrected chi connectivity index (χ4v) is 3.00. The molecule has 1 atom stereocenters. The summed E-state index contributed by atoms with van der Waals surface area (Å²) in [6, 6.07) is 11.8. The zero-order valence-electron chi connectivity index (χ0n) is 14.7. The molecule has 1 heterocycles. The fourth-order valence-electron chi connectivity index (χ4n) is 3.00. The number of nitrogens with one attached hydrogen (secondary N) is 2. The summed E-state index contributed by atoms with van der Waals surface area (Å²) in [6.45, 7) is 0.821. The summed E-state index contributed by atoms with van der Waals surface area (Å²) in [5.41, 5.74) is 2.84. The summed E-state index contributed by atoms with van der Waals surface area (Å²) in [7, 11) is 1.74. The molecule has 5 nitrogen and oxygen atoms in total. The van der Waals surface area contributed by atoms with E-state index in [1.165, 1.54) is 29.5 Å². The predicted molar refractivity (Wildman–Crippen MR) is 112 cm³/mol. The first kappa shape index (κ1) is 20.4. The number of fused-ring (bicyclic) bond motifs is 1. The van der Waals surface area contributed by atoms with Crippen LogP contribution in [0.5, 0.6) is 5.88 Å². The quantitative estimate of drug-likeness (QED) is 0.306. The van der Waals surface area contributed by atoms with Crippen LogP contribution in [0.4, 0.5) is 4.39 Å². The molecule has 3 rings (SSSR count). The lowest BCUT2D eigenvalue weighted by molar-refractivity contribution is 0.292. The van der Waals surface area contributed by atoms with Gasteiger partial charge in [0, 0.05) is 19.3 Å². The molecule has 0 bridgehead atoms. The van der Waals surface area contributed by atoms with Gasteiger partial charge in [-0.25, -0.2) is 9.37 Å². The second kappa shape index (κ2) is 10.3. The second-order valence-corrected chi connectivity index (χ2v) is 5.99. The van der Waals surface area contributed by atoms with E-state index in [9.17, 15) is 4.39 Å². The van der Waals surface area contributed by atoms with Crippen molar-refractivity contribution in [3.8, 4) is 5.88 Å². The Kier molecular flexibility index (Phi) is 8.08. The van der Waals surface area contributed by atoms with Gasteiger partial charge in [-0.2, -0.15) is 0 Å². The summed E-state index contributed by atoms with van der Waals surface area (Å²) in [4.78, 5) is 8.11. The van der Waals surface area contributed by atoms with Gasteiger partial charge in [-0.3, -0.25) is 4.99 Å². The predicted octanol–water partition coefficient (Wildman–Crippen LogP) is 2.94. The molecule has 0 amide bonds. The van der Waals surface area contributed by atoms with Gasteiger partial charge >= 0.3 is 0 Å². The Balaban J connectivity index is 0.00000243. The van der Waals surface area contributed by atoms with Crippen LogP contribution in [-0.4, -0.2) is 37.2 Å². The second-order valence-electron chi connectivity index (χ2n) is 5.99. The normalized spacial score (nSPS) is 16.2. The van der Waals surface area contributed by atoms with E-state index in [2.05, 4.69) is 44.9 Å². The van der Waals surface area contributed by atoms with Crippen molar-refractivity contribution < 1.29 is 9.13 Å². The average molecular weight is 470 g/mol. The van der Waals surface area contributed by atoms with Crippen LogP contribution in [0, 0.1) is 5.82 Å². The monoisotopic (exact) mass is 470 g/mol. The molecule has 2 aromatic rings. The lowest BCUT2D eigenvalue weighted by Gasteiger charge is -2.27. The van der Waals surface area contributed by atoms with Crippen molar-refractivity contribution in [2.24, 2.45) is 4.99 Å². The number of aromatic nitrogens is 1. The van der Waals surface area contributed by atoms with Crippen LogP contribution in [0.15, 0.2) is 47.6 Å². The number of guanidine groups is 1. The first-order valence-corrected chi connectivity index (χ1v) is 8.53. The number of benzene rings is 1. The van der Waals surface area contributed by atoms with Crippen molar-refractivity contribution >= 4 is 29.9 Å². The van der Waals surface area contributed by atoms with Crippen molar-refractivity contribution in [2.45, 2.75) is 25.3 Å². The Bertz CT molecular complexity index is 741. The van der Waals surface area contributed by atoms with Crippen molar-refractivity contribution in [2.75, 3.05) is 20.2 Å². The number of ether oxygens (including phenoxy) is 1. The highest BCUT2D eigenvalue weighted by Gasteiger charge is 2.18. The summed E-state index contributed by atoms with van der Waals surface area (Å²) in [5.74, 6) is 0.302. The average Bonchev–Trinajstić information content (AvgIpc) is 2.65. The molecule has 2 N–H and O–H groups in total. The Morgan fingerprint density at radius 1 is 1.27 bits per heavy atom. The summed E-state index contributed by atoms with van der Waals surface area (Å²) in [6.07, 6.45) is 4.65. The Morgan fingerprint density at radius 3 is 2.85 bits per heavy atom. The zero-order chi connectivity index (χ0) is 17.5. The first-order valence-electron chi connectivity index (χ1n) is 8.53. The van der Waals surface area contributed by atoms with E-state index in [1.54, 1.807) is 7.05 Å². The largest absolute Gasteiger partial charge is 0.474 e. The zero-order valence-corrected chi connectivity index (χ0v) is 17.1. The third-order valence-electron chi connectivity index (χ3n) is 4.27. The van der Waals surface area contributed by atoms with Gasteiger partial charge < -0.3 is 15.4 Å². The molecule has 140 valence electrons. The molecule has 0 aliphatic heterocycles. The number of hydrogen-bond donors (Lipinski definition) is 2. The number of nitrogens with zero attached hydrogens (tertiary/aromatic N) is 2. The fraction of sp³-hybridized carbons (Fsp3) is 0.368. The maximum absolute atomic E-state index is 13.4. The number of pyridine rings is 1. The Hall–Kier alpha value is -1.90. The molecule has 0 saturated heterocycles. The van der Waals surface area contributed by atoms with E-state index in [0.717, 1.165) is 25.2 Å². The maximum atomic E-state index is 13.4. The SMILES string of the molecule is CN=C(NCCOc1ncccc1F)NC1CCc2ccccc2C1.I. The Labute approximate surface area is 170 Å². The minimum Gasteiger partial charge on any atom is -0.474 e. The van der Waals surface area contributed by atoms with Crippen LogP contribution < -0.4 is 15.4 Å². The van der Waals surface area contributed by atoms with Gasteiger partial charge in [-0.15, -0.1) is 24.0 Å². The number of halogens is 2. The van der Waals surface area contributed by atoms with Crippen LogP contribution >= 0.6 is 24.0 Å². The third kappa shape index (κ3) is 5.55. The van der Waals surface area contributed by atoms with Crippen molar-refractivity contribution in [1.29, 1.82) is 0 Å². The molecule has 26 heavy (non-hydrogen) atoms. The van der Waals surface area contributed by atoms with Gasteiger partial charge in [0.05, 0.1) is 6.54 Å². The minimum atomic E-state index is -0.453. The van der Waals surface area contributed by atoms with Gasteiger partial charge in [-0.1, -0.05) is 24.3 Å². The molecular formula is C19H24FIN4O. The molecule has 0 fully saturated rings. The highest BCUT2D eigenvalue weighted by atomic mass is 127. The molecule has 0 saturated carbocycles. The highest BCUT2D eigenvalue weighted by Crippen LogP contribution is 2.20. The number of aryl methyl sites for hydroxylation is 1. The molecular weight excluding hydrogens is 446 g/mol. The van der Waals surface area contributed by atoms with Crippen LogP contribution in [0.25, 0.3) is 0 Å². The Morgan fingerprint density at radius 2 is 2.08 bits per heavy atom. The molecule has 1 aromatic heterocycles. The highest BCUT2D eigenvalue weighted by molar-refractivity contribution is 14.0. The summed E-state index contributed by atoms with van der Waals surface area (Å²) in [5, 5.41) is 6.64. The van der Waals surface area contributed by atoms with Crippen molar-refractivity contribution in [3.05, 3.63) is 59.5 Å². The number of hydrogen-bond acceptors (Lipinski definition) is 3. The van der Waals surface area contributed by atoms with Gasteiger partial charge in [0.15, 0.2) is 11.8 Å². The van der Waals surface area contributed by atoms with E-state index in [0.29, 0.717) is 19.2 Å². The van der Waals surface area contributed by atoms with Gasteiger partial charge in [0.1, 0.15) is 6.61 Å². The van der Waals surface area contributed by atoms with Gasteiger partial charge in [0.25, 0.3) is 0 Å². The van der Waals surface area contributed by atoms with Crippen LogP contribution in [0.2, 0.25) is 0 Å². The molecule has 0 radical (unpaired) electrons. The van der Waals surface area contributed by atoms with E-state index < -0.39 is 5.82 Å². The molecule has 1 aromatic carbocycles. The van der Waals surface area contributed by atoms with Gasteiger partial charge in [0.2, 0.25) is 5.88 Å². The lowest BCUT2D eigenvalue weighted by atomic mass is 9.88. The lowest BCUT2D eigenvalue weighted by Crippen LogP contribution is -2.46. The van der Waals surface area contributed by atoms with Crippen LogP contribution in [0.1, 0.15) is 17.5 Å². The van der Waals surface area contributed by atoms with Crippen LogP contribution in [-0.2, 0) is 12.8 Å². The maximum Gasteiger partial charge on any atom is 0.250 e. The molecule has 1 aliphatic rings. The van der Waals surface area contributed by atoms with Crippen molar-refractivity contribution in [1.82, 2.24) is 15.6 Å². The molecule has 7 heteroatoms. The van der Waals surface area contributed by atoms with Crippen LogP contribution in [0.3, 0.4) is 0 Å². The van der Waals surface area contributed by atoms with E-state index in [4.69, 9.17) is 4.74 Å². The third-order valence-corrected chi connectivity index (χ3v) is 4.27. The summed E-state index contributed by atoms with van der Waals surface area (Å²) >= 11 is 0. The van der Waals surface area contributed by atoms with E-state index in [1.807, 2.05) is 0 Å². The molecule has 0 spiro atoms. The van der Waals surface area contributed by atoms with E-state index >= 15 is 0 Å². The standard InChI is InChI=1S/C19H23FN4O.HI/c1-21-19(23-11-12-25-18-17(20)7-4-10-22-18)24-16-9-8-14-5-2-3-6-15(14)13-16;/h2-7,10,16H,8-9,11-13H2,1H3,(H2,21,23,24);1H. The topological polar surface area (TPSA) is 58.5 Å². The van der Waals surface area contributed by atoms with Crippen molar-refractivity contribution in [3.63, 3.8) is 0 Å².